The second-order valence-corrected chi connectivity index (χ2v) is 5.98. The van der Waals surface area contributed by atoms with E-state index in [0.29, 0.717) is 19.5 Å². The van der Waals surface area contributed by atoms with Gasteiger partial charge in [-0.2, -0.15) is 5.10 Å². The molecule has 2 N–H and O–H groups in total. The summed E-state index contributed by atoms with van der Waals surface area (Å²) in [5, 5.41) is 16.6. The summed E-state index contributed by atoms with van der Waals surface area (Å²) in [7, 11) is -3.19. The van der Waals surface area contributed by atoms with Gasteiger partial charge in [-0.15, -0.1) is 0 Å². The van der Waals surface area contributed by atoms with Gasteiger partial charge in [0.15, 0.2) is 9.84 Å². The number of aliphatic hydroxyl groups excluding tert-OH is 1. The van der Waals surface area contributed by atoms with Gasteiger partial charge in [-0.25, -0.2) is 8.42 Å². The van der Waals surface area contributed by atoms with Crippen LogP contribution in [0.1, 0.15) is 13.3 Å². The van der Waals surface area contributed by atoms with E-state index in [1.54, 1.807) is 0 Å². The average Bonchev–Trinajstić information content (AvgIpc) is 2.71. The van der Waals surface area contributed by atoms with Crippen molar-refractivity contribution in [3.63, 3.8) is 0 Å². The largest absolute Gasteiger partial charge is 0.392 e. The summed E-state index contributed by atoms with van der Waals surface area (Å²) in [4.78, 5) is 0.207. The summed E-state index contributed by atoms with van der Waals surface area (Å²) >= 11 is 0. The molecule has 0 aliphatic carbocycles. The van der Waals surface area contributed by atoms with Crippen molar-refractivity contribution in [2.45, 2.75) is 30.9 Å². The van der Waals surface area contributed by atoms with Crippen LogP contribution in [0.5, 0.6) is 0 Å². The normalized spacial score (nSPS) is 13.8. The molecule has 98 valence electrons. The van der Waals surface area contributed by atoms with E-state index in [1.807, 2.05) is 6.92 Å². The molecule has 0 aliphatic heterocycles. The van der Waals surface area contributed by atoms with Crippen LogP contribution in [0.15, 0.2) is 17.3 Å². The molecule has 1 heterocycles. The number of hydrogen-bond donors (Lipinski definition) is 2. The Hall–Kier alpha value is -0.920. The van der Waals surface area contributed by atoms with Gasteiger partial charge in [0.25, 0.3) is 0 Å². The van der Waals surface area contributed by atoms with Gasteiger partial charge < -0.3 is 10.4 Å². The Kier molecular flexibility index (Phi) is 5.10. The number of sulfone groups is 1. The van der Waals surface area contributed by atoms with E-state index in [0.717, 1.165) is 12.8 Å². The lowest BCUT2D eigenvalue weighted by atomic mass is 10.2. The minimum absolute atomic E-state index is 0.207. The third-order valence-electron chi connectivity index (χ3n) is 2.36. The Morgan fingerprint density at radius 3 is 2.82 bits per heavy atom. The number of nitrogens with one attached hydrogen (secondary N) is 1. The zero-order chi connectivity index (χ0) is 12.9. The van der Waals surface area contributed by atoms with E-state index in [9.17, 15) is 13.5 Å². The van der Waals surface area contributed by atoms with Crippen molar-refractivity contribution in [2.75, 3.05) is 19.3 Å². The number of hydrogen-bond acceptors (Lipinski definition) is 5. The predicted octanol–water partition coefficient (Wildman–Crippen LogP) is -0.353. The molecule has 17 heavy (non-hydrogen) atoms. The van der Waals surface area contributed by atoms with Crippen LogP contribution in [0.25, 0.3) is 0 Å². The summed E-state index contributed by atoms with van der Waals surface area (Å²) in [5.41, 5.74) is 0. The summed E-state index contributed by atoms with van der Waals surface area (Å²) < 4.78 is 24.0. The first-order chi connectivity index (χ1) is 7.93. The maximum absolute atomic E-state index is 11.2. The third-order valence-corrected chi connectivity index (χ3v) is 3.43. The molecule has 1 aromatic rings. The molecule has 1 atom stereocenters. The van der Waals surface area contributed by atoms with E-state index in [-0.39, 0.29) is 4.90 Å². The van der Waals surface area contributed by atoms with Crippen molar-refractivity contribution in [2.24, 2.45) is 0 Å². The Balaban J connectivity index is 2.45. The van der Waals surface area contributed by atoms with E-state index in [2.05, 4.69) is 10.4 Å². The summed E-state index contributed by atoms with van der Waals surface area (Å²) in [5.74, 6) is 0. The standard InChI is InChI=1S/C10H19N3O3S/c1-3-11-6-9(14)4-5-13-8-10(7-12-13)17(2,15)16/h7-9,11,14H,3-6H2,1-2H3. The lowest BCUT2D eigenvalue weighted by molar-refractivity contribution is 0.155. The summed E-state index contributed by atoms with van der Waals surface area (Å²) in [6, 6.07) is 0. The van der Waals surface area contributed by atoms with E-state index in [1.165, 1.54) is 17.1 Å². The van der Waals surface area contributed by atoms with Gasteiger partial charge in [0, 0.05) is 25.5 Å². The predicted molar refractivity (Wildman–Crippen MR) is 64.5 cm³/mol. The second-order valence-electron chi connectivity index (χ2n) is 3.96. The molecule has 1 rings (SSSR count). The molecule has 6 nitrogen and oxygen atoms in total. The maximum Gasteiger partial charge on any atom is 0.178 e. The first-order valence-electron chi connectivity index (χ1n) is 5.54. The van der Waals surface area contributed by atoms with E-state index in [4.69, 9.17) is 0 Å². The van der Waals surface area contributed by atoms with Gasteiger partial charge in [0.1, 0.15) is 4.90 Å². The quantitative estimate of drug-likeness (QED) is 0.700. The Labute approximate surface area is 102 Å². The molecule has 1 unspecified atom stereocenters. The number of aliphatic hydroxyl groups is 1. The smallest absolute Gasteiger partial charge is 0.178 e. The van der Waals surface area contributed by atoms with Crippen LogP contribution in [0.3, 0.4) is 0 Å². The first kappa shape index (κ1) is 14.1. The highest BCUT2D eigenvalue weighted by Crippen LogP contribution is 2.07. The van der Waals surface area contributed by atoms with Gasteiger partial charge >= 0.3 is 0 Å². The number of likely N-dealkylation sites (N-methyl/N-ethyl adjacent to an activating group) is 1. The zero-order valence-electron chi connectivity index (χ0n) is 10.1. The number of aromatic nitrogens is 2. The fraction of sp³-hybridized carbons (Fsp3) is 0.700. The molecule has 0 radical (unpaired) electrons. The van der Waals surface area contributed by atoms with Gasteiger partial charge in [-0.05, 0) is 13.0 Å². The topological polar surface area (TPSA) is 84.2 Å². The fourth-order valence-electron chi connectivity index (χ4n) is 1.35. The zero-order valence-corrected chi connectivity index (χ0v) is 10.9. The molecular weight excluding hydrogens is 242 g/mol. The van der Waals surface area contributed by atoms with E-state index < -0.39 is 15.9 Å². The summed E-state index contributed by atoms with van der Waals surface area (Å²) in [6.07, 6.45) is 4.05. The molecule has 0 fully saturated rings. The lowest BCUT2D eigenvalue weighted by Gasteiger charge is -2.10. The Morgan fingerprint density at radius 1 is 1.59 bits per heavy atom. The highest BCUT2D eigenvalue weighted by Gasteiger charge is 2.10. The highest BCUT2D eigenvalue weighted by atomic mass is 32.2. The van der Waals surface area contributed by atoms with Crippen molar-refractivity contribution in [3.05, 3.63) is 12.4 Å². The van der Waals surface area contributed by atoms with Gasteiger partial charge in [0.2, 0.25) is 0 Å². The molecule has 0 spiro atoms. The lowest BCUT2D eigenvalue weighted by Crippen LogP contribution is -2.27. The van der Waals surface area contributed by atoms with Crippen LogP contribution in [0.2, 0.25) is 0 Å². The van der Waals surface area contributed by atoms with E-state index >= 15 is 0 Å². The van der Waals surface area contributed by atoms with Gasteiger partial charge in [-0.1, -0.05) is 6.92 Å². The fourth-order valence-corrected chi connectivity index (χ4v) is 1.90. The maximum atomic E-state index is 11.2. The average molecular weight is 261 g/mol. The molecule has 0 aliphatic rings. The minimum Gasteiger partial charge on any atom is -0.392 e. The Morgan fingerprint density at radius 2 is 2.29 bits per heavy atom. The highest BCUT2D eigenvalue weighted by molar-refractivity contribution is 7.90. The van der Waals surface area contributed by atoms with Crippen LogP contribution in [0.4, 0.5) is 0 Å². The van der Waals surface area contributed by atoms with Crippen LogP contribution < -0.4 is 5.32 Å². The molecule has 7 heteroatoms. The van der Waals surface area contributed by atoms with Gasteiger partial charge in [-0.3, -0.25) is 4.68 Å². The Bertz CT molecular complexity index is 441. The number of aryl methyl sites for hydroxylation is 1. The molecule has 0 amide bonds. The van der Waals surface area contributed by atoms with Crippen molar-refractivity contribution in [1.29, 1.82) is 0 Å². The molecule has 0 saturated carbocycles. The number of rotatable bonds is 7. The SMILES string of the molecule is CCNCC(O)CCn1cc(S(C)(=O)=O)cn1. The minimum atomic E-state index is -3.19. The first-order valence-corrected chi connectivity index (χ1v) is 7.44. The third kappa shape index (κ3) is 4.84. The molecular formula is C10H19N3O3S. The number of nitrogens with zero attached hydrogens (tertiary/aromatic N) is 2. The molecule has 0 saturated heterocycles. The van der Waals surface area contributed by atoms with Crippen molar-refractivity contribution < 1.29 is 13.5 Å². The molecule has 1 aromatic heterocycles. The molecule has 0 bridgehead atoms. The monoisotopic (exact) mass is 261 g/mol. The summed E-state index contributed by atoms with van der Waals surface area (Å²) in [6.45, 7) is 3.83. The van der Waals surface area contributed by atoms with Crippen molar-refractivity contribution in [1.82, 2.24) is 15.1 Å². The second kappa shape index (κ2) is 6.13. The van der Waals surface area contributed by atoms with Crippen LogP contribution in [0, 0.1) is 0 Å². The molecule has 0 aromatic carbocycles. The van der Waals surface area contributed by atoms with Crippen LogP contribution in [-0.2, 0) is 16.4 Å². The van der Waals surface area contributed by atoms with Crippen LogP contribution in [-0.4, -0.2) is 48.8 Å². The van der Waals surface area contributed by atoms with Gasteiger partial charge in [0.05, 0.1) is 12.3 Å². The van der Waals surface area contributed by atoms with Crippen molar-refractivity contribution >= 4 is 9.84 Å². The van der Waals surface area contributed by atoms with Crippen molar-refractivity contribution in [3.8, 4) is 0 Å². The van der Waals surface area contributed by atoms with Crippen LogP contribution >= 0.6 is 0 Å².